The maximum absolute atomic E-state index is 14.1. The number of hydrogen-bond acceptors (Lipinski definition) is 5. The first kappa shape index (κ1) is 22.9. The predicted octanol–water partition coefficient (Wildman–Crippen LogP) is 5.54. The van der Waals surface area contributed by atoms with Crippen molar-refractivity contribution in [2.45, 2.75) is 31.2 Å². The number of rotatable bonds is 4. The highest BCUT2D eigenvalue weighted by molar-refractivity contribution is 6.17. The molecular weight excluding hydrogens is 451 g/mol. The Morgan fingerprint density at radius 2 is 1.86 bits per heavy atom. The SMILES string of the molecule is COc1cccc(CC[C@H]2CN(C3=Nc4ccc(F)cc4N=C4Cc5ccccc5C43)CCN2C)c1. The average molecular weight is 483 g/mol. The zero-order valence-corrected chi connectivity index (χ0v) is 20.8. The average Bonchev–Trinajstić information content (AvgIpc) is 3.17. The highest BCUT2D eigenvalue weighted by atomic mass is 19.1. The Morgan fingerprint density at radius 1 is 0.972 bits per heavy atom. The van der Waals surface area contributed by atoms with Crippen molar-refractivity contribution in [1.82, 2.24) is 9.80 Å². The van der Waals surface area contributed by atoms with Crippen LogP contribution in [0.25, 0.3) is 0 Å². The lowest BCUT2D eigenvalue weighted by Gasteiger charge is -2.42. The lowest BCUT2D eigenvalue weighted by Crippen LogP contribution is -2.54. The minimum atomic E-state index is -0.277. The molecule has 0 aromatic heterocycles. The van der Waals surface area contributed by atoms with E-state index < -0.39 is 0 Å². The quantitative estimate of drug-likeness (QED) is 0.490. The molecule has 184 valence electrons. The molecule has 2 heterocycles. The van der Waals surface area contributed by atoms with Crippen LogP contribution in [0.4, 0.5) is 15.8 Å². The van der Waals surface area contributed by atoms with Crippen molar-refractivity contribution in [3.8, 4) is 5.75 Å². The molecule has 3 aromatic rings. The third-order valence-electron chi connectivity index (χ3n) is 7.77. The van der Waals surface area contributed by atoms with E-state index in [1.54, 1.807) is 13.2 Å². The number of ether oxygens (including phenoxy) is 1. The number of aliphatic imine (C=N–C) groups is 2. The lowest BCUT2D eigenvalue weighted by atomic mass is 9.96. The molecule has 6 rings (SSSR count). The Balaban J connectivity index is 1.31. The van der Waals surface area contributed by atoms with Crippen molar-refractivity contribution in [3.63, 3.8) is 0 Å². The summed E-state index contributed by atoms with van der Waals surface area (Å²) in [5.74, 6) is 1.68. The molecule has 1 saturated heterocycles. The fraction of sp³-hybridized carbons (Fsp3) is 0.333. The number of fused-ring (bicyclic) bond motifs is 4. The summed E-state index contributed by atoms with van der Waals surface area (Å²) < 4.78 is 19.5. The predicted molar refractivity (Wildman–Crippen MR) is 143 cm³/mol. The number of amidine groups is 1. The summed E-state index contributed by atoms with van der Waals surface area (Å²) in [4.78, 5) is 15.1. The van der Waals surface area contributed by atoms with Gasteiger partial charge in [0.2, 0.25) is 0 Å². The zero-order chi connectivity index (χ0) is 24.6. The number of halogens is 1. The van der Waals surface area contributed by atoms with Gasteiger partial charge < -0.3 is 9.64 Å². The number of aryl methyl sites for hydroxylation is 1. The monoisotopic (exact) mass is 482 g/mol. The lowest BCUT2D eigenvalue weighted by molar-refractivity contribution is 0.133. The molecule has 6 heteroatoms. The van der Waals surface area contributed by atoms with Gasteiger partial charge in [-0.2, -0.15) is 0 Å². The first-order valence-corrected chi connectivity index (χ1v) is 12.7. The fourth-order valence-electron chi connectivity index (χ4n) is 5.75. The van der Waals surface area contributed by atoms with Gasteiger partial charge in [0.1, 0.15) is 17.4 Å². The van der Waals surface area contributed by atoms with Gasteiger partial charge in [0.05, 0.1) is 24.4 Å². The van der Waals surface area contributed by atoms with Crippen LogP contribution in [0.15, 0.2) is 76.7 Å². The smallest absolute Gasteiger partial charge is 0.125 e. The second kappa shape index (κ2) is 9.51. The Bertz CT molecular complexity index is 1350. The number of hydrogen-bond donors (Lipinski definition) is 0. The minimum absolute atomic E-state index is 0.0131. The molecular formula is C30H31FN4O. The van der Waals surface area contributed by atoms with Crippen molar-refractivity contribution in [3.05, 3.63) is 89.2 Å². The van der Waals surface area contributed by atoms with E-state index in [1.807, 2.05) is 6.07 Å². The number of nitrogens with zero attached hydrogens (tertiary/aromatic N) is 4. The normalized spacial score (nSPS) is 21.1. The van der Waals surface area contributed by atoms with Crippen LogP contribution < -0.4 is 4.74 Å². The molecule has 1 fully saturated rings. The molecule has 0 amide bonds. The molecule has 3 aromatic carbocycles. The summed E-state index contributed by atoms with van der Waals surface area (Å²) in [6.45, 7) is 2.79. The van der Waals surface area contributed by atoms with Crippen molar-refractivity contribution in [1.29, 1.82) is 0 Å². The van der Waals surface area contributed by atoms with E-state index in [0.717, 1.165) is 61.9 Å². The Labute approximate surface area is 211 Å². The largest absolute Gasteiger partial charge is 0.497 e. The van der Waals surface area contributed by atoms with Crippen molar-refractivity contribution in [2.24, 2.45) is 9.98 Å². The van der Waals surface area contributed by atoms with Crippen molar-refractivity contribution in [2.75, 3.05) is 33.8 Å². The van der Waals surface area contributed by atoms with Gasteiger partial charge in [-0.3, -0.25) is 9.89 Å². The van der Waals surface area contributed by atoms with E-state index in [0.29, 0.717) is 11.7 Å². The summed E-state index contributed by atoms with van der Waals surface area (Å²) in [5, 5.41) is 0. The van der Waals surface area contributed by atoms with Gasteiger partial charge in [0.15, 0.2) is 0 Å². The van der Waals surface area contributed by atoms with E-state index in [9.17, 15) is 4.39 Å². The molecule has 0 N–H and O–H groups in total. The van der Waals surface area contributed by atoms with Crippen LogP contribution in [-0.4, -0.2) is 61.2 Å². The maximum Gasteiger partial charge on any atom is 0.125 e. The Morgan fingerprint density at radius 3 is 2.75 bits per heavy atom. The van der Waals surface area contributed by atoms with Crippen molar-refractivity contribution < 1.29 is 9.13 Å². The van der Waals surface area contributed by atoms with E-state index in [2.05, 4.69) is 59.3 Å². The molecule has 5 nitrogen and oxygen atoms in total. The standard InChI is InChI=1S/C30H31FN4O/c1-34-14-15-35(19-23(34)12-10-20-6-5-8-24(16-20)36-2)30-29-25-9-4-3-7-21(25)17-28(29)32-27-18-22(31)11-13-26(27)33-30/h3-9,11,13,16,18,23,29H,10,12,14-15,17,19H2,1-2H3/t23-,29?/m0/s1. The van der Waals surface area contributed by atoms with Crippen LogP contribution in [0.3, 0.4) is 0 Å². The van der Waals surface area contributed by atoms with Crippen LogP contribution in [-0.2, 0) is 12.8 Å². The fourth-order valence-corrected chi connectivity index (χ4v) is 5.75. The van der Waals surface area contributed by atoms with Crippen LogP contribution in [0.2, 0.25) is 0 Å². The Hall–Kier alpha value is -3.51. The van der Waals surface area contributed by atoms with Gasteiger partial charge in [-0.25, -0.2) is 9.38 Å². The summed E-state index contributed by atoms with van der Waals surface area (Å²) in [6, 6.07) is 22.1. The zero-order valence-electron chi connectivity index (χ0n) is 20.8. The van der Waals surface area contributed by atoms with E-state index in [4.69, 9.17) is 14.7 Å². The molecule has 0 radical (unpaired) electrons. The van der Waals surface area contributed by atoms with Gasteiger partial charge in [-0.05, 0) is 60.8 Å². The molecule has 2 atom stereocenters. The summed E-state index contributed by atoms with van der Waals surface area (Å²) >= 11 is 0. The number of likely N-dealkylation sites (N-methyl/N-ethyl adjacent to an activating group) is 1. The van der Waals surface area contributed by atoms with Crippen LogP contribution in [0.5, 0.6) is 5.75 Å². The molecule has 0 saturated carbocycles. The van der Waals surface area contributed by atoms with Crippen LogP contribution in [0, 0.1) is 5.82 Å². The van der Waals surface area contributed by atoms with Gasteiger partial charge >= 0.3 is 0 Å². The number of benzene rings is 3. The molecule has 0 bridgehead atoms. The molecule has 36 heavy (non-hydrogen) atoms. The highest BCUT2D eigenvalue weighted by Crippen LogP contribution is 2.41. The first-order valence-electron chi connectivity index (χ1n) is 12.7. The molecule has 2 aliphatic heterocycles. The Kier molecular flexibility index (Phi) is 6.05. The summed E-state index contributed by atoms with van der Waals surface area (Å²) in [7, 11) is 3.93. The third-order valence-corrected chi connectivity index (χ3v) is 7.77. The van der Waals surface area contributed by atoms with E-state index >= 15 is 0 Å². The van der Waals surface area contributed by atoms with E-state index in [1.165, 1.54) is 28.8 Å². The first-order chi connectivity index (χ1) is 17.6. The third kappa shape index (κ3) is 4.30. The molecule has 0 spiro atoms. The highest BCUT2D eigenvalue weighted by Gasteiger charge is 2.38. The number of piperazine rings is 1. The summed E-state index contributed by atoms with van der Waals surface area (Å²) in [5.41, 5.74) is 6.29. The summed E-state index contributed by atoms with van der Waals surface area (Å²) in [6.07, 6.45) is 2.83. The van der Waals surface area contributed by atoms with E-state index in [-0.39, 0.29) is 11.7 Å². The van der Waals surface area contributed by atoms with Gasteiger partial charge in [0, 0.05) is 43.9 Å². The topological polar surface area (TPSA) is 40.4 Å². The van der Waals surface area contributed by atoms with Gasteiger partial charge in [-0.15, -0.1) is 0 Å². The molecule has 1 unspecified atom stereocenters. The molecule has 3 aliphatic rings. The van der Waals surface area contributed by atoms with Crippen molar-refractivity contribution >= 4 is 22.9 Å². The van der Waals surface area contributed by atoms with Gasteiger partial charge in [0.25, 0.3) is 0 Å². The number of methoxy groups -OCH3 is 1. The second-order valence-electron chi connectivity index (χ2n) is 9.99. The minimum Gasteiger partial charge on any atom is -0.497 e. The van der Waals surface area contributed by atoms with Crippen LogP contribution in [0.1, 0.15) is 29.0 Å². The van der Waals surface area contributed by atoms with Crippen LogP contribution >= 0.6 is 0 Å². The maximum atomic E-state index is 14.1. The molecule has 1 aliphatic carbocycles. The van der Waals surface area contributed by atoms with Gasteiger partial charge in [-0.1, -0.05) is 36.4 Å². The second-order valence-corrected chi connectivity index (χ2v) is 9.99.